The molecule has 2 nitrogen and oxygen atoms in total. The van der Waals surface area contributed by atoms with Crippen LogP contribution in [0, 0.1) is 0 Å². The Morgan fingerprint density at radius 2 is 1.62 bits per heavy atom. The van der Waals surface area contributed by atoms with Gasteiger partial charge in [-0.15, -0.1) is 0 Å². The third-order valence-electron chi connectivity index (χ3n) is 4.98. The van der Waals surface area contributed by atoms with Crippen molar-refractivity contribution in [3.05, 3.63) is 78.4 Å². The minimum Gasteiger partial charge on any atom is -0.458 e. The Balaban J connectivity index is 1.82. The van der Waals surface area contributed by atoms with Crippen molar-refractivity contribution in [1.29, 1.82) is 0 Å². The molecule has 0 radical (unpaired) electrons. The monoisotopic (exact) mass is 336 g/mol. The minimum absolute atomic E-state index is 0.0374. The Kier molecular flexibility index (Phi) is 5.00. The van der Waals surface area contributed by atoms with E-state index in [-0.39, 0.29) is 12.1 Å². The fraction of sp³-hybridized carbons (Fsp3) is 0.286. The van der Waals surface area contributed by atoms with Gasteiger partial charge in [-0.05, 0) is 25.0 Å². The zero-order valence-electron chi connectivity index (χ0n) is 14.3. The van der Waals surface area contributed by atoms with Crippen LogP contribution in [0.15, 0.2) is 72.8 Å². The Morgan fingerprint density at radius 1 is 1.00 bits per heavy atom. The average Bonchev–Trinajstić information content (AvgIpc) is 2.63. The summed E-state index contributed by atoms with van der Waals surface area (Å²) < 4.78 is 5.94. The first kappa shape index (κ1) is 16.7. The zero-order chi connectivity index (χ0) is 17.0. The fourth-order valence-corrected chi connectivity index (χ4v) is 6.70. The number of hydrogen-bond donors (Lipinski definition) is 0. The van der Waals surface area contributed by atoms with Crippen LogP contribution in [0.5, 0.6) is 0 Å². The summed E-state index contributed by atoms with van der Waals surface area (Å²) in [5.41, 5.74) is 0.936. The molecule has 0 heterocycles. The zero-order valence-corrected chi connectivity index (χ0v) is 15.3. The predicted octanol–water partition coefficient (Wildman–Crippen LogP) is 4.55. The van der Waals surface area contributed by atoms with Crippen molar-refractivity contribution in [1.82, 2.24) is 0 Å². The highest BCUT2D eigenvalue weighted by atomic mass is 28.3. The number of carbonyl (C=O) groups is 1. The van der Waals surface area contributed by atoms with Crippen LogP contribution in [0.3, 0.4) is 0 Å². The standard InChI is InChI=1S/C21H24O2Si/c1-24(2,18-13-7-4-8-14-18)20-16-10-9-15-19(20)23-21(22)17-11-5-3-6-12-17/h3-8,10-14,16,19-20H,9,15H2,1-2H3/t19-,20+/m1/s1. The number of rotatable bonds is 4. The first-order valence-corrected chi connectivity index (χ1v) is 11.6. The highest BCUT2D eigenvalue weighted by molar-refractivity contribution is 6.91. The molecule has 0 spiro atoms. The van der Waals surface area contributed by atoms with E-state index in [4.69, 9.17) is 4.74 Å². The smallest absolute Gasteiger partial charge is 0.338 e. The molecule has 0 aliphatic heterocycles. The van der Waals surface area contributed by atoms with Gasteiger partial charge in [0.2, 0.25) is 0 Å². The van der Waals surface area contributed by atoms with Crippen molar-refractivity contribution in [2.45, 2.75) is 37.6 Å². The lowest BCUT2D eigenvalue weighted by Crippen LogP contribution is -2.50. The van der Waals surface area contributed by atoms with Gasteiger partial charge in [0.25, 0.3) is 0 Å². The van der Waals surface area contributed by atoms with Crippen molar-refractivity contribution in [2.24, 2.45) is 0 Å². The van der Waals surface area contributed by atoms with Crippen LogP contribution in [-0.2, 0) is 4.74 Å². The largest absolute Gasteiger partial charge is 0.458 e. The molecule has 0 saturated carbocycles. The van der Waals surface area contributed by atoms with E-state index in [2.05, 4.69) is 55.6 Å². The summed E-state index contributed by atoms with van der Waals surface area (Å²) in [7, 11) is -1.77. The molecule has 3 heteroatoms. The molecule has 3 rings (SSSR count). The minimum atomic E-state index is -1.77. The summed E-state index contributed by atoms with van der Waals surface area (Å²) in [5.74, 6) is -0.209. The van der Waals surface area contributed by atoms with E-state index in [1.54, 1.807) is 0 Å². The second-order valence-electron chi connectivity index (χ2n) is 6.93. The van der Waals surface area contributed by atoms with Gasteiger partial charge in [0, 0.05) is 5.54 Å². The van der Waals surface area contributed by atoms with Gasteiger partial charge < -0.3 is 4.74 Å². The Hall–Kier alpha value is -2.13. The molecule has 124 valence electrons. The van der Waals surface area contributed by atoms with Gasteiger partial charge in [0.15, 0.2) is 0 Å². The fourth-order valence-electron chi connectivity index (χ4n) is 3.48. The summed E-state index contributed by atoms with van der Waals surface area (Å²) in [6.07, 6.45) is 6.37. The second kappa shape index (κ2) is 7.18. The van der Waals surface area contributed by atoms with Crippen LogP contribution in [-0.4, -0.2) is 20.1 Å². The van der Waals surface area contributed by atoms with E-state index in [1.807, 2.05) is 30.3 Å². The van der Waals surface area contributed by atoms with Crippen molar-refractivity contribution < 1.29 is 9.53 Å². The molecule has 0 aromatic heterocycles. The highest BCUT2D eigenvalue weighted by Crippen LogP contribution is 2.35. The summed E-state index contributed by atoms with van der Waals surface area (Å²) in [5, 5.41) is 1.40. The SMILES string of the molecule is C[Si](C)(c1ccccc1)[C@H]1C=CCC[C@H]1OC(=O)c1ccccc1. The van der Waals surface area contributed by atoms with Crippen LogP contribution < -0.4 is 5.19 Å². The quantitative estimate of drug-likeness (QED) is 0.465. The molecule has 0 unspecified atom stereocenters. The Labute approximate surface area is 145 Å². The van der Waals surface area contributed by atoms with E-state index in [1.165, 1.54) is 5.19 Å². The van der Waals surface area contributed by atoms with Gasteiger partial charge in [-0.2, -0.15) is 0 Å². The molecule has 1 aliphatic carbocycles. The number of esters is 1. The molecule has 0 saturated heterocycles. The summed E-state index contributed by atoms with van der Waals surface area (Å²) in [6.45, 7) is 4.73. The number of hydrogen-bond acceptors (Lipinski definition) is 2. The van der Waals surface area contributed by atoms with Gasteiger partial charge in [-0.25, -0.2) is 4.79 Å². The maximum Gasteiger partial charge on any atom is 0.338 e. The van der Waals surface area contributed by atoms with Crippen molar-refractivity contribution in [2.75, 3.05) is 0 Å². The van der Waals surface area contributed by atoms with Gasteiger partial charge in [0.1, 0.15) is 6.10 Å². The molecule has 1 aliphatic rings. The third-order valence-corrected chi connectivity index (χ3v) is 9.03. The van der Waals surface area contributed by atoms with Crippen molar-refractivity contribution in [3.63, 3.8) is 0 Å². The Morgan fingerprint density at radius 3 is 2.29 bits per heavy atom. The predicted molar refractivity (Wildman–Crippen MR) is 101 cm³/mol. The van der Waals surface area contributed by atoms with Crippen molar-refractivity contribution >= 4 is 19.2 Å². The molecule has 0 fully saturated rings. The maximum atomic E-state index is 12.5. The van der Waals surface area contributed by atoms with E-state index in [0.29, 0.717) is 11.1 Å². The van der Waals surface area contributed by atoms with Crippen LogP contribution in [0.2, 0.25) is 18.6 Å². The van der Waals surface area contributed by atoms with Crippen LogP contribution in [0.1, 0.15) is 23.2 Å². The molecule has 24 heavy (non-hydrogen) atoms. The number of ether oxygens (including phenoxy) is 1. The molecule has 0 bridgehead atoms. The average molecular weight is 337 g/mol. The summed E-state index contributed by atoms with van der Waals surface area (Å²) >= 11 is 0. The van der Waals surface area contributed by atoms with Crippen LogP contribution in [0.4, 0.5) is 0 Å². The number of benzene rings is 2. The second-order valence-corrected chi connectivity index (χ2v) is 11.6. The van der Waals surface area contributed by atoms with Gasteiger partial charge in [-0.3, -0.25) is 0 Å². The molecule has 0 amide bonds. The van der Waals surface area contributed by atoms with E-state index < -0.39 is 8.07 Å². The highest BCUT2D eigenvalue weighted by Gasteiger charge is 2.40. The molecule has 0 N–H and O–H groups in total. The molecule has 2 atom stereocenters. The number of allylic oxidation sites excluding steroid dienone is 1. The molecular weight excluding hydrogens is 312 g/mol. The molecule has 2 aromatic carbocycles. The first-order valence-electron chi connectivity index (χ1n) is 8.57. The lowest BCUT2D eigenvalue weighted by molar-refractivity contribution is 0.0279. The molecular formula is C21H24O2Si. The lowest BCUT2D eigenvalue weighted by atomic mass is 10.0. The molecule has 2 aromatic rings. The van der Waals surface area contributed by atoms with Crippen LogP contribution >= 0.6 is 0 Å². The third kappa shape index (κ3) is 3.51. The van der Waals surface area contributed by atoms with E-state index in [9.17, 15) is 4.79 Å². The van der Waals surface area contributed by atoms with Gasteiger partial charge in [-0.1, -0.05) is 79.0 Å². The normalized spacial score (nSPS) is 20.6. The number of carbonyl (C=O) groups excluding carboxylic acids is 1. The summed E-state index contributed by atoms with van der Waals surface area (Å²) in [4.78, 5) is 12.5. The van der Waals surface area contributed by atoms with E-state index in [0.717, 1.165) is 12.8 Å². The lowest BCUT2D eigenvalue weighted by Gasteiger charge is -2.38. The van der Waals surface area contributed by atoms with Crippen LogP contribution in [0.25, 0.3) is 0 Å². The maximum absolute atomic E-state index is 12.5. The van der Waals surface area contributed by atoms with Crippen molar-refractivity contribution in [3.8, 4) is 0 Å². The van der Waals surface area contributed by atoms with E-state index >= 15 is 0 Å². The van der Waals surface area contributed by atoms with Gasteiger partial charge in [0.05, 0.1) is 13.6 Å². The first-order chi connectivity index (χ1) is 11.6. The summed E-state index contributed by atoms with van der Waals surface area (Å²) in [6, 6.07) is 20.0. The Bertz CT molecular complexity index is 707. The topological polar surface area (TPSA) is 26.3 Å². The van der Waals surface area contributed by atoms with Gasteiger partial charge >= 0.3 is 5.97 Å².